The molecule has 0 spiro atoms. The third kappa shape index (κ3) is 3.32. The van der Waals surface area contributed by atoms with Gasteiger partial charge in [0.05, 0.1) is 0 Å². The van der Waals surface area contributed by atoms with Crippen molar-refractivity contribution in [3.63, 3.8) is 0 Å². The van der Waals surface area contributed by atoms with Crippen molar-refractivity contribution in [2.45, 2.75) is 5.75 Å². The Hall–Kier alpha value is -1.82. The number of hydrogen-bond acceptors (Lipinski definition) is 3. The van der Waals surface area contributed by atoms with E-state index in [4.69, 9.17) is 0 Å². The van der Waals surface area contributed by atoms with Gasteiger partial charge in [0.1, 0.15) is 5.82 Å². The number of rotatable bonds is 4. The van der Waals surface area contributed by atoms with Crippen molar-refractivity contribution in [3.05, 3.63) is 70.7 Å². The zero-order valence-corrected chi connectivity index (χ0v) is 13.1. The van der Waals surface area contributed by atoms with Gasteiger partial charge in [0, 0.05) is 16.9 Å². The normalized spacial score (nSPS) is 12.3. The highest BCUT2D eigenvalue weighted by atomic mass is 32.2. The van der Waals surface area contributed by atoms with E-state index in [1.54, 1.807) is 23.5 Å². The summed E-state index contributed by atoms with van der Waals surface area (Å²) >= 11 is -0.497. The predicted molar refractivity (Wildman–Crippen MR) is 87.8 cm³/mol. The summed E-state index contributed by atoms with van der Waals surface area (Å²) < 4.78 is 34.5. The molecule has 0 saturated carbocycles. The number of benzene rings is 2. The standard InChI is InChI=1S/C17H13FO2S2/c18-15-7-5-14(6-8-15)17-10-21-9-16(17)13-3-1-12(2-4-13)11-22(19)20/h1-10H,11H2,(H,19,20)/p-1. The monoisotopic (exact) mass is 331 g/mol. The summed E-state index contributed by atoms with van der Waals surface area (Å²) in [5.41, 5.74) is 4.84. The second-order valence-electron chi connectivity index (χ2n) is 4.85. The Bertz CT molecular complexity index is 792. The van der Waals surface area contributed by atoms with Gasteiger partial charge in [0.15, 0.2) is 0 Å². The van der Waals surface area contributed by atoms with Crippen LogP contribution in [-0.4, -0.2) is 8.76 Å². The maximum atomic E-state index is 13.1. The van der Waals surface area contributed by atoms with Crippen LogP contribution in [0.1, 0.15) is 5.56 Å². The molecule has 0 aliphatic carbocycles. The summed E-state index contributed by atoms with van der Waals surface area (Å²) in [6.45, 7) is 0. The lowest BCUT2D eigenvalue weighted by atomic mass is 9.98. The first-order chi connectivity index (χ1) is 10.6. The topological polar surface area (TPSA) is 40.1 Å². The van der Waals surface area contributed by atoms with E-state index in [2.05, 4.69) is 0 Å². The number of thiophene rings is 1. The van der Waals surface area contributed by atoms with E-state index in [9.17, 15) is 13.2 Å². The summed E-state index contributed by atoms with van der Waals surface area (Å²) in [5, 5.41) is 4.07. The molecule has 2 aromatic carbocycles. The van der Waals surface area contributed by atoms with Gasteiger partial charge in [-0.25, -0.2) is 4.39 Å². The Kier molecular flexibility index (Phi) is 4.47. The fourth-order valence-corrected chi connectivity index (χ4v) is 3.62. The number of halogens is 1. The molecule has 0 aliphatic rings. The van der Waals surface area contributed by atoms with E-state index in [0.717, 1.165) is 27.8 Å². The molecule has 0 bridgehead atoms. The van der Waals surface area contributed by atoms with Gasteiger partial charge in [0.25, 0.3) is 0 Å². The summed E-state index contributed by atoms with van der Waals surface area (Å²) in [4.78, 5) is 0. The van der Waals surface area contributed by atoms with Gasteiger partial charge in [-0.1, -0.05) is 47.5 Å². The van der Waals surface area contributed by atoms with Crippen LogP contribution in [0.15, 0.2) is 59.3 Å². The lowest BCUT2D eigenvalue weighted by Crippen LogP contribution is -1.92. The third-order valence-electron chi connectivity index (χ3n) is 3.37. The molecule has 1 unspecified atom stereocenters. The van der Waals surface area contributed by atoms with Gasteiger partial charge in [-0.2, -0.15) is 11.3 Å². The third-order valence-corrected chi connectivity index (χ3v) is 4.68. The van der Waals surface area contributed by atoms with E-state index in [-0.39, 0.29) is 11.6 Å². The minimum Gasteiger partial charge on any atom is -0.772 e. The molecule has 22 heavy (non-hydrogen) atoms. The molecule has 1 heterocycles. The van der Waals surface area contributed by atoms with E-state index >= 15 is 0 Å². The largest absolute Gasteiger partial charge is 0.772 e. The maximum absolute atomic E-state index is 13.1. The quantitative estimate of drug-likeness (QED) is 0.656. The highest BCUT2D eigenvalue weighted by Crippen LogP contribution is 2.35. The van der Waals surface area contributed by atoms with Gasteiger partial charge in [-0.3, -0.25) is 4.21 Å². The molecule has 0 amide bonds. The van der Waals surface area contributed by atoms with Crippen LogP contribution in [0.5, 0.6) is 0 Å². The fourth-order valence-electron chi connectivity index (χ4n) is 2.29. The van der Waals surface area contributed by atoms with Crippen LogP contribution in [0.3, 0.4) is 0 Å². The summed E-state index contributed by atoms with van der Waals surface area (Å²) in [5.74, 6) is -0.232. The Labute approximate surface area is 134 Å². The van der Waals surface area contributed by atoms with Crippen molar-refractivity contribution in [2.24, 2.45) is 0 Å². The minimum atomic E-state index is -2.08. The first-order valence-electron chi connectivity index (χ1n) is 6.61. The SMILES string of the molecule is O=S([O-])Cc1ccc(-c2cscc2-c2ccc(F)cc2)cc1. The molecule has 0 aliphatic heterocycles. The first-order valence-corrected chi connectivity index (χ1v) is 8.79. The van der Waals surface area contributed by atoms with Crippen molar-refractivity contribution in [1.29, 1.82) is 0 Å². The zero-order chi connectivity index (χ0) is 15.5. The minimum absolute atomic E-state index is 0.0226. The van der Waals surface area contributed by atoms with Crippen molar-refractivity contribution in [1.82, 2.24) is 0 Å². The Balaban J connectivity index is 1.94. The molecular formula is C17H12FO2S2-. The van der Waals surface area contributed by atoms with Crippen LogP contribution in [-0.2, 0) is 16.8 Å². The molecule has 3 aromatic rings. The van der Waals surface area contributed by atoms with Gasteiger partial charge in [-0.05, 0) is 39.6 Å². The van der Waals surface area contributed by atoms with Crippen molar-refractivity contribution < 1.29 is 13.2 Å². The lowest BCUT2D eigenvalue weighted by molar-refractivity contribution is 0.536. The average Bonchev–Trinajstić information content (AvgIpc) is 2.97. The second-order valence-corrected chi connectivity index (χ2v) is 6.49. The summed E-state index contributed by atoms with van der Waals surface area (Å²) in [7, 11) is 0. The maximum Gasteiger partial charge on any atom is 0.123 e. The Morgan fingerprint density at radius 2 is 1.41 bits per heavy atom. The van der Waals surface area contributed by atoms with Gasteiger partial charge < -0.3 is 4.55 Å². The molecule has 0 fully saturated rings. The molecule has 3 rings (SSSR count). The highest BCUT2D eigenvalue weighted by molar-refractivity contribution is 7.78. The van der Waals surface area contributed by atoms with Crippen LogP contribution < -0.4 is 0 Å². The van der Waals surface area contributed by atoms with Crippen LogP contribution >= 0.6 is 11.3 Å². The van der Waals surface area contributed by atoms with Crippen LogP contribution in [0.25, 0.3) is 22.3 Å². The van der Waals surface area contributed by atoms with Gasteiger partial charge in [0.2, 0.25) is 0 Å². The molecule has 2 nitrogen and oxygen atoms in total. The Morgan fingerprint density at radius 1 is 0.909 bits per heavy atom. The first kappa shape index (κ1) is 15.1. The number of hydrogen-bond donors (Lipinski definition) is 0. The van der Waals surface area contributed by atoms with Crippen molar-refractivity contribution in [2.75, 3.05) is 0 Å². The van der Waals surface area contributed by atoms with E-state index in [1.807, 2.05) is 35.0 Å². The van der Waals surface area contributed by atoms with Crippen LogP contribution in [0.2, 0.25) is 0 Å². The second kappa shape index (κ2) is 6.52. The fraction of sp³-hybridized carbons (Fsp3) is 0.0588. The average molecular weight is 331 g/mol. The molecule has 1 atom stereocenters. The molecule has 112 valence electrons. The predicted octanol–water partition coefficient (Wildman–Crippen LogP) is 4.60. The molecule has 5 heteroatoms. The van der Waals surface area contributed by atoms with Crippen molar-refractivity contribution in [3.8, 4) is 22.3 Å². The Morgan fingerprint density at radius 3 is 1.91 bits per heavy atom. The molecule has 1 aromatic heterocycles. The van der Waals surface area contributed by atoms with Crippen LogP contribution in [0, 0.1) is 5.82 Å². The van der Waals surface area contributed by atoms with E-state index < -0.39 is 11.1 Å². The lowest BCUT2D eigenvalue weighted by Gasteiger charge is -2.08. The van der Waals surface area contributed by atoms with Gasteiger partial charge >= 0.3 is 0 Å². The summed E-state index contributed by atoms with van der Waals surface area (Å²) in [6.07, 6.45) is 0. The van der Waals surface area contributed by atoms with E-state index in [1.165, 1.54) is 12.1 Å². The van der Waals surface area contributed by atoms with Crippen molar-refractivity contribution >= 4 is 22.4 Å². The van der Waals surface area contributed by atoms with Gasteiger partial charge in [-0.15, -0.1) is 0 Å². The smallest absolute Gasteiger partial charge is 0.123 e. The van der Waals surface area contributed by atoms with E-state index in [0.29, 0.717) is 0 Å². The van der Waals surface area contributed by atoms with Crippen LogP contribution in [0.4, 0.5) is 4.39 Å². The molecule has 0 saturated heterocycles. The zero-order valence-electron chi connectivity index (χ0n) is 11.5. The molecular weight excluding hydrogens is 319 g/mol. The summed E-state index contributed by atoms with van der Waals surface area (Å²) in [6, 6.07) is 13.9. The molecule has 0 radical (unpaired) electrons. The molecule has 0 N–H and O–H groups in total. The highest BCUT2D eigenvalue weighted by Gasteiger charge is 2.09.